The van der Waals surface area contributed by atoms with E-state index in [4.69, 9.17) is 0 Å². The van der Waals surface area contributed by atoms with E-state index in [1.807, 2.05) is 50.2 Å². The van der Waals surface area contributed by atoms with Crippen molar-refractivity contribution in [2.75, 3.05) is 48.8 Å². The van der Waals surface area contributed by atoms with Crippen LogP contribution in [0.15, 0.2) is 72.8 Å². The molecule has 0 radical (unpaired) electrons. The zero-order valence-corrected chi connectivity index (χ0v) is 22.5. The third kappa shape index (κ3) is 6.93. The molecule has 8 nitrogen and oxygen atoms in total. The number of nitrogens with one attached hydrogen (secondary N) is 2. The van der Waals surface area contributed by atoms with Crippen LogP contribution in [0.25, 0.3) is 0 Å². The Labute approximate surface area is 228 Å². The molecule has 39 heavy (non-hydrogen) atoms. The summed E-state index contributed by atoms with van der Waals surface area (Å²) in [4.78, 5) is 44.1. The van der Waals surface area contributed by atoms with Crippen molar-refractivity contribution in [2.45, 2.75) is 20.4 Å². The van der Waals surface area contributed by atoms with Crippen molar-refractivity contribution in [3.8, 4) is 0 Å². The molecule has 3 aromatic rings. The van der Waals surface area contributed by atoms with Gasteiger partial charge in [-0.2, -0.15) is 0 Å². The summed E-state index contributed by atoms with van der Waals surface area (Å²) in [7, 11) is 1.75. The van der Waals surface area contributed by atoms with Crippen molar-refractivity contribution in [1.29, 1.82) is 0 Å². The number of amides is 4. The number of para-hydroxylation sites is 1. The lowest BCUT2D eigenvalue weighted by molar-refractivity contribution is -0.118. The molecule has 1 saturated heterocycles. The summed E-state index contributed by atoms with van der Waals surface area (Å²) in [5, 5.41) is 5.51. The normalized spacial score (nSPS) is 13.3. The average molecular weight is 532 g/mol. The van der Waals surface area contributed by atoms with Crippen LogP contribution < -0.4 is 15.5 Å². The van der Waals surface area contributed by atoms with Crippen molar-refractivity contribution in [2.24, 2.45) is 5.92 Å². The van der Waals surface area contributed by atoms with Crippen LogP contribution in [-0.4, -0.2) is 60.9 Å². The van der Waals surface area contributed by atoms with Gasteiger partial charge in [0, 0.05) is 57.1 Å². The smallest absolute Gasteiger partial charge is 0.322 e. The standard InChI is InChI=1S/C30H34FN5O3/c1-21(2)28(37)32-23-13-14-27(24(19-23)29(38)34(3)20-22-9-5-4-6-10-22)35-15-17-36(18-16-35)30(39)33-26-12-8-7-11-25(26)31/h4-14,19,21H,15-18,20H2,1-3H3,(H,32,37)(H,33,39). The average Bonchev–Trinajstić information content (AvgIpc) is 2.94. The summed E-state index contributed by atoms with van der Waals surface area (Å²) in [6.45, 7) is 5.84. The quantitative estimate of drug-likeness (QED) is 0.447. The number of urea groups is 1. The van der Waals surface area contributed by atoms with Crippen molar-refractivity contribution in [3.05, 3.63) is 89.7 Å². The van der Waals surface area contributed by atoms with Gasteiger partial charge in [0.05, 0.1) is 11.3 Å². The summed E-state index contributed by atoms with van der Waals surface area (Å²) < 4.78 is 14.0. The SMILES string of the molecule is CC(C)C(=O)Nc1ccc(N2CCN(C(=O)Nc3ccccc3F)CC2)c(C(=O)N(C)Cc2ccccc2)c1. The van der Waals surface area contributed by atoms with Gasteiger partial charge in [-0.05, 0) is 35.9 Å². The zero-order valence-electron chi connectivity index (χ0n) is 22.5. The highest BCUT2D eigenvalue weighted by atomic mass is 19.1. The van der Waals surface area contributed by atoms with Gasteiger partial charge in [-0.25, -0.2) is 9.18 Å². The highest BCUT2D eigenvalue weighted by Crippen LogP contribution is 2.28. The third-order valence-corrected chi connectivity index (χ3v) is 6.65. The molecule has 0 bridgehead atoms. The van der Waals surface area contributed by atoms with E-state index in [2.05, 4.69) is 15.5 Å². The number of halogens is 1. The highest BCUT2D eigenvalue weighted by molar-refractivity contribution is 6.02. The predicted molar refractivity (Wildman–Crippen MR) is 151 cm³/mol. The predicted octanol–water partition coefficient (Wildman–Crippen LogP) is 5.05. The molecule has 9 heteroatoms. The van der Waals surface area contributed by atoms with Gasteiger partial charge in [-0.1, -0.05) is 56.3 Å². The van der Waals surface area contributed by atoms with E-state index in [1.165, 1.54) is 12.1 Å². The number of nitrogens with zero attached hydrogens (tertiary/aromatic N) is 3. The molecule has 1 fully saturated rings. The maximum absolute atomic E-state index is 14.0. The molecule has 4 rings (SSSR count). The molecular formula is C30H34FN5O3. The molecule has 0 aliphatic carbocycles. The van der Waals surface area contributed by atoms with E-state index in [0.29, 0.717) is 44.0 Å². The summed E-state index contributed by atoms with van der Waals surface area (Å²) in [5.41, 5.74) is 2.90. The first-order valence-corrected chi connectivity index (χ1v) is 13.0. The Bertz CT molecular complexity index is 1320. The van der Waals surface area contributed by atoms with Crippen molar-refractivity contribution in [1.82, 2.24) is 9.80 Å². The monoisotopic (exact) mass is 531 g/mol. The van der Waals surface area contributed by atoms with Crippen LogP contribution in [0.2, 0.25) is 0 Å². The fraction of sp³-hybridized carbons (Fsp3) is 0.300. The molecule has 2 N–H and O–H groups in total. The molecule has 0 saturated carbocycles. The first kappa shape index (κ1) is 27.6. The van der Waals surface area contributed by atoms with Gasteiger partial charge in [0.25, 0.3) is 5.91 Å². The summed E-state index contributed by atoms with van der Waals surface area (Å²) in [6.07, 6.45) is 0. The van der Waals surface area contributed by atoms with Crippen molar-refractivity contribution < 1.29 is 18.8 Å². The first-order chi connectivity index (χ1) is 18.7. The van der Waals surface area contributed by atoms with Crippen LogP contribution in [0.5, 0.6) is 0 Å². The van der Waals surface area contributed by atoms with Crippen LogP contribution in [0.4, 0.5) is 26.2 Å². The Hall–Kier alpha value is -4.40. The van der Waals surface area contributed by atoms with Crippen LogP contribution in [0, 0.1) is 11.7 Å². The maximum Gasteiger partial charge on any atom is 0.322 e. The Morgan fingerprint density at radius 3 is 2.23 bits per heavy atom. The molecule has 0 unspecified atom stereocenters. The Morgan fingerprint density at radius 1 is 0.897 bits per heavy atom. The maximum atomic E-state index is 14.0. The third-order valence-electron chi connectivity index (χ3n) is 6.65. The molecule has 3 aromatic carbocycles. The van der Waals surface area contributed by atoms with Crippen molar-refractivity contribution >= 4 is 34.9 Å². The molecule has 0 aromatic heterocycles. The lowest BCUT2D eigenvalue weighted by Gasteiger charge is -2.37. The van der Waals surface area contributed by atoms with E-state index < -0.39 is 5.82 Å². The Morgan fingerprint density at radius 2 is 1.56 bits per heavy atom. The van der Waals surface area contributed by atoms with E-state index in [-0.39, 0.29) is 29.5 Å². The largest absolute Gasteiger partial charge is 0.367 e. The minimum atomic E-state index is -0.489. The van der Waals surface area contributed by atoms with E-state index in [0.717, 1.165) is 11.3 Å². The highest BCUT2D eigenvalue weighted by Gasteiger charge is 2.26. The van der Waals surface area contributed by atoms with Gasteiger partial charge in [0.2, 0.25) is 5.91 Å². The number of hydrogen-bond donors (Lipinski definition) is 2. The zero-order chi connectivity index (χ0) is 27.9. The molecule has 4 amide bonds. The van der Waals surface area contributed by atoms with Crippen molar-refractivity contribution in [3.63, 3.8) is 0 Å². The minimum absolute atomic E-state index is 0.131. The first-order valence-electron chi connectivity index (χ1n) is 13.0. The van der Waals surface area contributed by atoms with Crippen LogP contribution >= 0.6 is 0 Å². The molecular weight excluding hydrogens is 497 g/mol. The molecule has 1 aliphatic rings. The second-order valence-electron chi connectivity index (χ2n) is 9.91. The second-order valence-corrected chi connectivity index (χ2v) is 9.91. The number of anilines is 3. The van der Waals surface area contributed by atoms with Gasteiger partial charge < -0.3 is 25.3 Å². The summed E-state index contributed by atoms with van der Waals surface area (Å²) in [5.74, 6) is -0.993. The van der Waals surface area contributed by atoms with Gasteiger partial charge in [0.15, 0.2) is 0 Å². The van der Waals surface area contributed by atoms with E-state index >= 15 is 0 Å². The summed E-state index contributed by atoms with van der Waals surface area (Å²) >= 11 is 0. The van der Waals surface area contributed by atoms with Crippen LogP contribution in [0.3, 0.4) is 0 Å². The number of hydrogen-bond acceptors (Lipinski definition) is 4. The van der Waals surface area contributed by atoms with E-state index in [1.54, 1.807) is 41.1 Å². The number of rotatable bonds is 7. The molecule has 1 aliphatic heterocycles. The Kier molecular flexibility index (Phi) is 8.81. The molecule has 1 heterocycles. The van der Waals surface area contributed by atoms with Crippen LogP contribution in [0.1, 0.15) is 29.8 Å². The summed E-state index contributed by atoms with van der Waals surface area (Å²) in [6, 6.07) is 20.8. The molecule has 0 atom stereocenters. The topological polar surface area (TPSA) is 85.0 Å². The number of piperazine rings is 1. The van der Waals surface area contributed by atoms with E-state index in [9.17, 15) is 18.8 Å². The lowest BCUT2D eigenvalue weighted by atomic mass is 10.1. The Balaban J connectivity index is 1.51. The van der Waals surface area contributed by atoms with Gasteiger partial charge >= 0.3 is 6.03 Å². The fourth-order valence-corrected chi connectivity index (χ4v) is 4.39. The molecule has 0 spiro atoms. The number of benzene rings is 3. The van der Waals surface area contributed by atoms with Gasteiger partial charge in [-0.15, -0.1) is 0 Å². The van der Waals surface area contributed by atoms with Crippen LogP contribution in [-0.2, 0) is 11.3 Å². The number of carbonyl (C=O) groups excluding carboxylic acids is 3. The minimum Gasteiger partial charge on any atom is -0.367 e. The number of carbonyl (C=O) groups is 3. The fourth-order valence-electron chi connectivity index (χ4n) is 4.39. The van der Waals surface area contributed by atoms with Gasteiger partial charge in [-0.3, -0.25) is 9.59 Å². The lowest BCUT2D eigenvalue weighted by Crippen LogP contribution is -2.50. The van der Waals surface area contributed by atoms with Gasteiger partial charge in [0.1, 0.15) is 5.82 Å². The molecule has 204 valence electrons. The second kappa shape index (κ2) is 12.4.